The summed E-state index contributed by atoms with van der Waals surface area (Å²) in [4.78, 5) is 82.9. The number of nitrogens with zero attached hydrogens (tertiary/aromatic N) is 6. The van der Waals surface area contributed by atoms with Crippen LogP contribution in [0.15, 0.2) is 122 Å². The zero-order chi connectivity index (χ0) is 47.8. The number of aromatic nitrogens is 4. The Morgan fingerprint density at radius 3 is 1.32 bits per heavy atom. The van der Waals surface area contributed by atoms with E-state index in [1.165, 1.54) is 9.80 Å². The minimum absolute atomic E-state index is 0.00416. The van der Waals surface area contributed by atoms with E-state index in [2.05, 4.69) is 10.6 Å². The molecule has 0 spiro atoms. The predicted molar refractivity (Wildman–Crippen MR) is 246 cm³/mol. The number of rotatable bonds is 20. The fourth-order valence-corrected chi connectivity index (χ4v) is 8.24. The molecule has 2 aromatic heterocycles. The topological polar surface area (TPSA) is 188 Å². The van der Waals surface area contributed by atoms with Crippen LogP contribution in [-0.2, 0) is 78.5 Å². The lowest BCUT2D eigenvalue weighted by Gasteiger charge is -2.23. The number of carbonyl (C=O) groups excluding carboxylic acids is 6. The van der Waals surface area contributed by atoms with Gasteiger partial charge in [-0.15, -0.1) is 0 Å². The van der Waals surface area contributed by atoms with Gasteiger partial charge in [-0.25, -0.2) is 27.9 Å². The Balaban J connectivity index is 0.937. The van der Waals surface area contributed by atoms with Gasteiger partial charge in [0.15, 0.2) is 0 Å². The molecule has 7 rings (SSSR count). The van der Waals surface area contributed by atoms with Gasteiger partial charge < -0.3 is 29.6 Å². The number of amides is 4. The zero-order valence-corrected chi connectivity index (χ0v) is 38.5. The monoisotopic (exact) mass is 932 g/mol. The Bertz CT molecular complexity index is 2310. The van der Waals surface area contributed by atoms with E-state index in [4.69, 9.17) is 18.9 Å². The first-order valence-electron chi connectivity index (χ1n) is 23.0. The SMILES string of the molecule is C[n+]1ccn(CCCCC(=O)O[C@@H]2C[C@@H](C(=O)Nc3ccc(NC(=O)[C@@H]4C[C@@H](OC(=O)CCCCn5cc[n+](C)c5)CN4C(=O)OCc4ccccc4)cc3)N(C(=O)OCc3ccccc3)C2)c1. The lowest BCUT2D eigenvalue weighted by atomic mass is 10.1. The normalized spacial score (nSPS) is 17.6. The van der Waals surface area contributed by atoms with Crippen LogP contribution in [0.3, 0.4) is 0 Å². The number of imidazole rings is 2. The molecule has 18 nitrogen and oxygen atoms in total. The summed E-state index contributed by atoms with van der Waals surface area (Å²) in [7, 11) is 3.88. The van der Waals surface area contributed by atoms with E-state index < -0.39 is 60.2 Å². The Hall–Kier alpha value is -7.50. The lowest BCUT2D eigenvalue weighted by molar-refractivity contribution is -0.671. The molecule has 2 fully saturated rings. The van der Waals surface area contributed by atoms with Crippen LogP contribution in [-0.4, -0.2) is 92.3 Å². The van der Waals surface area contributed by atoms with Crippen molar-refractivity contribution in [1.82, 2.24) is 18.9 Å². The molecule has 3 aromatic carbocycles. The Morgan fingerprint density at radius 2 is 0.956 bits per heavy atom. The molecule has 0 radical (unpaired) electrons. The predicted octanol–water partition coefficient (Wildman–Crippen LogP) is 5.20. The van der Waals surface area contributed by atoms with Crippen molar-refractivity contribution in [1.29, 1.82) is 0 Å². The van der Waals surface area contributed by atoms with Gasteiger partial charge >= 0.3 is 24.1 Å². The number of hydrogen-bond acceptors (Lipinski definition) is 10. The van der Waals surface area contributed by atoms with Crippen LogP contribution in [0.1, 0.15) is 62.5 Å². The van der Waals surface area contributed by atoms with E-state index >= 15 is 0 Å². The van der Waals surface area contributed by atoms with Crippen molar-refractivity contribution in [3.05, 3.63) is 133 Å². The van der Waals surface area contributed by atoms with Gasteiger partial charge in [-0.1, -0.05) is 60.7 Å². The summed E-state index contributed by atoms with van der Waals surface area (Å²) in [6.45, 7) is 1.47. The second-order valence-electron chi connectivity index (χ2n) is 17.2. The maximum Gasteiger partial charge on any atom is 0.410 e. The number of benzene rings is 3. The Kier molecular flexibility index (Phi) is 17.0. The van der Waals surface area contributed by atoms with Crippen molar-refractivity contribution in [3.8, 4) is 0 Å². The first-order chi connectivity index (χ1) is 32.9. The van der Waals surface area contributed by atoms with Crippen molar-refractivity contribution >= 4 is 47.3 Å². The van der Waals surface area contributed by atoms with Crippen LogP contribution in [0.2, 0.25) is 0 Å². The molecule has 4 atom stereocenters. The highest BCUT2D eigenvalue weighted by Crippen LogP contribution is 2.27. The summed E-state index contributed by atoms with van der Waals surface area (Å²) in [5.74, 6) is -1.84. The number of ether oxygens (including phenoxy) is 4. The Morgan fingerprint density at radius 1 is 0.559 bits per heavy atom. The first-order valence-corrected chi connectivity index (χ1v) is 23.0. The number of hydrogen-bond donors (Lipinski definition) is 2. The van der Waals surface area contributed by atoms with E-state index in [9.17, 15) is 28.8 Å². The number of unbranched alkanes of at least 4 members (excludes halogenated alkanes) is 2. The van der Waals surface area contributed by atoms with Crippen LogP contribution in [0, 0.1) is 0 Å². The summed E-state index contributed by atoms with van der Waals surface area (Å²) in [5.41, 5.74) is 2.31. The number of carbonyl (C=O) groups is 6. The third kappa shape index (κ3) is 14.3. The van der Waals surface area contributed by atoms with Crippen LogP contribution in [0.25, 0.3) is 0 Å². The van der Waals surface area contributed by atoms with Crippen LogP contribution < -0.4 is 19.8 Å². The van der Waals surface area contributed by atoms with Gasteiger partial charge in [0, 0.05) is 37.1 Å². The van der Waals surface area contributed by atoms with Crippen LogP contribution >= 0.6 is 0 Å². The first kappa shape index (κ1) is 48.4. The summed E-state index contributed by atoms with van der Waals surface area (Å²) >= 11 is 0. The van der Waals surface area contributed by atoms with E-state index in [-0.39, 0.29) is 52.0 Å². The fourth-order valence-electron chi connectivity index (χ4n) is 8.24. The molecule has 2 N–H and O–H groups in total. The maximum atomic E-state index is 13.8. The second-order valence-corrected chi connectivity index (χ2v) is 17.2. The Labute approximate surface area is 395 Å². The average Bonchev–Trinajstić information content (AvgIpc) is 4.16. The van der Waals surface area contributed by atoms with Gasteiger partial charge in [0.1, 0.15) is 62.3 Å². The molecule has 2 saturated heterocycles. The van der Waals surface area contributed by atoms with Crippen molar-refractivity contribution in [2.45, 2.75) is 102 Å². The molecule has 0 bridgehead atoms. The minimum atomic E-state index is -1.00. The van der Waals surface area contributed by atoms with Gasteiger partial charge in [-0.05, 0) is 61.1 Å². The second kappa shape index (κ2) is 23.8. The van der Waals surface area contributed by atoms with Crippen LogP contribution in [0.4, 0.5) is 21.0 Å². The molecule has 68 heavy (non-hydrogen) atoms. The molecule has 18 heteroatoms. The van der Waals surface area contributed by atoms with Crippen LogP contribution in [0.5, 0.6) is 0 Å². The molecule has 358 valence electrons. The fraction of sp³-hybridized carbons (Fsp3) is 0.400. The molecule has 2 aliphatic rings. The maximum absolute atomic E-state index is 13.8. The van der Waals surface area contributed by atoms with Gasteiger partial charge in [0.2, 0.25) is 24.5 Å². The standard InChI is InChI=1S/C50H58N8O10/c1-53-25-27-55(35-53)23-11-9-17-45(59)67-41-29-43(57(31-41)49(63)65-33-37-13-5-3-6-14-37)47(61)51-39-19-21-40(22-20-39)52-48(62)44-30-42(32-58(44)50(64)66-34-38-15-7-4-8-16-38)68-46(60)18-10-12-24-56-28-26-54(2)36-56/h3-8,13-16,19-22,25-28,35-36,41-44H,9-12,17-18,23-24,29-34H2,1-2H3/p+2/t41-,42-,43+,44+/m1/s1. The van der Waals surface area contributed by atoms with Gasteiger partial charge in [0.05, 0.1) is 40.3 Å². The highest BCUT2D eigenvalue weighted by atomic mass is 16.6. The molecule has 0 saturated carbocycles. The van der Waals surface area contributed by atoms with Gasteiger partial charge in [0.25, 0.3) is 0 Å². The highest BCUT2D eigenvalue weighted by molar-refractivity contribution is 5.99. The molecule has 0 unspecified atom stereocenters. The zero-order valence-electron chi connectivity index (χ0n) is 38.5. The third-order valence-corrected chi connectivity index (χ3v) is 11.8. The van der Waals surface area contributed by atoms with Crippen molar-refractivity contribution in [2.75, 3.05) is 23.7 Å². The van der Waals surface area contributed by atoms with E-state index in [1.54, 1.807) is 24.3 Å². The molecule has 2 aliphatic heterocycles. The number of esters is 2. The minimum Gasteiger partial charge on any atom is -0.460 e. The lowest BCUT2D eigenvalue weighted by Crippen LogP contribution is -2.43. The number of likely N-dealkylation sites (tertiary alicyclic amines) is 2. The average molecular weight is 933 g/mol. The van der Waals surface area contributed by atoms with E-state index in [0.29, 0.717) is 24.2 Å². The van der Waals surface area contributed by atoms with Crippen molar-refractivity contribution in [3.63, 3.8) is 0 Å². The third-order valence-electron chi connectivity index (χ3n) is 11.8. The summed E-state index contributed by atoms with van der Waals surface area (Å²) in [5, 5.41) is 5.69. The molecule has 4 amide bonds. The van der Waals surface area contributed by atoms with Crippen molar-refractivity contribution < 1.29 is 56.8 Å². The van der Waals surface area contributed by atoms with E-state index in [0.717, 1.165) is 37.1 Å². The van der Waals surface area contributed by atoms with Crippen molar-refractivity contribution in [2.24, 2.45) is 14.1 Å². The molecule has 4 heterocycles. The van der Waals surface area contributed by atoms with E-state index in [1.807, 2.05) is 130 Å². The largest absolute Gasteiger partial charge is 0.460 e. The summed E-state index contributed by atoms with van der Waals surface area (Å²) < 4.78 is 30.7. The molecule has 0 aliphatic carbocycles. The van der Waals surface area contributed by atoms with Gasteiger partial charge in [-0.2, -0.15) is 0 Å². The van der Waals surface area contributed by atoms with Gasteiger partial charge in [-0.3, -0.25) is 29.0 Å². The highest BCUT2D eigenvalue weighted by Gasteiger charge is 2.44. The summed E-state index contributed by atoms with van der Waals surface area (Å²) in [6, 6.07) is 22.7. The number of aryl methyl sites for hydroxylation is 4. The number of nitrogens with one attached hydrogen (secondary N) is 2. The molecule has 5 aromatic rings. The quantitative estimate of drug-likeness (QED) is 0.0455. The smallest absolute Gasteiger partial charge is 0.410 e. The molecular formula is C50H60N8O10+2. The molecular weight excluding hydrogens is 873 g/mol. The summed E-state index contributed by atoms with van der Waals surface area (Å²) in [6.07, 6.45) is 12.2. The number of anilines is 2.